The fraction of sp³-hybridized carbons (Fsp3) is 0.467. The lowest BCUT2D eigenvalue weighted by Crippen LogP contribution is -2.50. The van der Waals surface area contributed by atoms with E-state index >= 15 is 0 Å². The van der Waals surface area contributed by atoms with Crippen LogP contribution in [0.25, 0.3) is 0 Å². The Morgan fingerprint density at radius 1 is 1.42 bits per heavy atom. The molecule has 3 N–H and O–H groups in total. The summed E-state index contributed by atoms with van der Waals surface area (Å²) in [5, 5.41) is 10.6. The number of nitro benzene ring substituents is 1. The lowest BCUT2D eigenvalue weighted by atomic mass is 9.97. The van der Waals surface area contributed by atoms with Crippen LogP contribution in [-0.2, 0) is 9.59 Å². The van der Waals surface area contributed by atoms with Gasteiger partial charge in [-0.15, -0.1) is 0 Å². The first-order valence-electron chi connectivity index (χ1n) is 7.62. The van der Waals surface area contributed by atoms with Gasteiger partial charge in [-0.1, -0.05) is 0 Å². The smallest absolute Gasteiger partial charge is 0.269 e. The summed E-state index contributed by atoms with van der Waals surface area (Å²) in [6.07, 6.45) is 0.643. The highest BCUT2D eigenvalue weighted by Crippen LogP contribution is 2.21. The van der Waals surface area contributed by atoms with E-state index in [1.807, 2.05) is 0 Å². The second-order valence-corrected chi connectivity index (χ2v) is 5.64. The van der Waals surface area contributed by atoms with Crippen LogP contribution >= 0.6 is 0 Å². The van der Waals surface area contributed by atoms with E-state index in [4.69, 9.17) is 10.6 Å². The van der Waals surface area contributed by atoms with Crippen LogP contribution in [0.15, 0.2) is 24.3 Å². The van der Waals surface area contributed by atoms with Gasteiger partial charge in [0.15, 0.2) is 6.10 Å². The van der Waals surface area contributed by atoms with Crippen molar-refractivity contribution < 1.29 is 19.2 Å². The lowest BCUT2D eigenvalue weighted by Gasteiger charge is -2.33. The van der Waals surface area contributed by atoms with Crippen molar-refractivity contribution in [3.8, 4) is 5.75 Å². The van der Waals surface area contributed by atoms with E-state index in [0.717, 1.165) is 0 Å². The molecule has 0 aliphatic carbocycles. The van der Waals surface area contributed by atoms with E-state index in [2.05, 4.69) is 5.43 Å². The Morgan fingerprint density at radius 3 is 2.67 bits per heavy atom. The van der Waals surface area contributed by atoms with E-state index in [1.165, 1.54) is 24.3 Å². The number of hydrogen-bond acceptors (Lipinski definition) is 6. The van der Waals surface area contributed by atoms with Crippen molar-refractivity contribution in [2.24, 2.45) is 11.8 Å². The van der Waals surface area contributed by atoms with Crippen LogP contribution in [-0.4, -0.2) is 40.8 Å². The van der Waals surface area contributed by atoms with Crippen molar-refractivity contribution in [1.82, 2.24) is 10.3 Å². The molecule has 0 spiro atoms. The van der Waals surface area contributed by atoms with Crippen LogP contribution < -0.4 is 16.0 Å². The van der Waals surface area contributed by atoms with Gasteiger partial charge in [0.05, 0.1) is 10.8 Å². The Bertz CT molecular complexity index is 619. The van der Waals surface area contributed by atoms with E-state index in [1.54, 1.807) is 11.8 Å². The number of likely N-dealkylation sites (tertiary alicyclic amines) is 1. The third kappa shape index (κ3) is 4.19. The Morgan fingerprint density at radius 2 is 2.08 bits per heavy atom. The first-order valence-corrected chi connectivity index (χ1v) is 7.62. The molecule has 24 heavy (non-hydrogen) atoms. The average Bonchev–Trinajstić information content (AvgIpc) is 2.60. The van der Waals surface area contributed by atoms with Crippen molar-refractivity contribution in [3.05, 3.63) is 34.4 Å². The number of hydrazine groups is 1. The molecule has 1 heterocycles. The molecule has 2 amide bonds. The molecule has 0 bridgehead atoms. The molecule has 2 rings (SSSR count). The molecule has 2 atom stereocenters. The molecule has 9 heteroatoms. The largest absolute Gasteiger partial charge is 0.481 e. The quantitative estimate of drug-likeness (QED) is 0.350. The second kappa shape index (κ2) is 7.73. The van der Waals surface area contributed by atoms with E-state index < -0.39 is 11.0 Å². The molecule has 1 aromatic carbocycles. The van der Waals surface area contributed by atoms with Crippen LogP contribution in [0.2, 0.25) is 0 Å². The summed E-state index contributed by atoms with van der Waals surface area (Å²) < 4.78 is 5.55. The molecule has 9 nitrogen and oxygen atoms in total. The maximum Gasteiger partial charge on any atom is 0.269 e. The van der Waals surface area contributed by atoms with Gasteiger partial charge in [0.25, 0.3) is 11.6 Å². The van der Waals surface area contributed by atoms with Crippen molar-refractivity contribution in [3.63, 3.8) is 0 Å². The lowest BCUT2D eigenvalue weighted by molar-refractivity contribution is -0.384. The van der Waals surface area contributed by atoms with Crippen molar-refractivity contribution in [1.29, 1.82) is 0 Å². The van der Waals surface area contributed by atoms with Gasteiger partial charge >= 0.3 is 0 Å². The van der Waals surface area contributed by atoms with Crippen molar-refractivity contribution in [2.45, 2.75) is 25.9 Å². The van der Waals surface area contributed by atoms with E-state index in [0.29, 0.717) is 31.7 Å². The third-order valence-corrected chi connectivity index (χ3v) is 3.95. The molecule has 2 unspecified atom stereocenters. The SMILES string of the molecule is CC(Oc1ccc([N+](=O)[O-])cc1)C(=O)N1CCCC(C(=O)NN)C1. The Balaban J connectivity index is 1.96. The number of carbonyl (C=O) groups is 2. The molecule has 0 saturated carbocycles. The summed E-state index contributed by atoms with van der Waals surface area (Å²) in [5.41, 5.74) is 2.07. The number of nitrogens with two attached hydrogens (primary N) is 1. The maximum atomic E-state index is 12.5. The summed E-state index contributed by atoms with van der Waals surface area (Å²) >= 11 is 0. The van der Waals surface area contributed by atoms with Crippen LogP contribution in [0, 0.1) is 16.0 Å². The first kappa shape index (κ1) is 17.7. The van der Waals surface area contributed by atoms with Gasteiger partial charge in [0, 0.05) is 25.2 Å². The predicted octanol–water partition coefficient (Wildman–Crippen LogP) is 0.591. The minimum absolute atomic E-state index is 0.0481. The number of amides is 2. The maximum absolute atomic E-state index is 12.5. The molecule has 1 aromatic rings. The van der Waals surface area contributed by atoms with Crippen LogP contribution in [0.5, 0.6) is 5.75 Å². The fourth-order valence-corrected chi connectivity index (χ4v) is 2.67. The molecule has 1 aliphatic rings. The highest BCUT2D eigenvalue weighted by Gasteiger charge is 2.30. The zero-order valence-corrected chi connectivity index (χ0v) is 13.3. The zero-order chi connectivity index (χ0) is 17.7. The van der Waals surface area contributed by atoms with Crippen LogP contribution in [0.1, 0.15) is 19.8 Å². The van der Waals surface area contributed by atoms with Gasteiger partial charge in [-0.3, -0.25) is 25.1 Å². The number of benzene rings is 1. The first-order chi connectivity index (χ1) is 11.4. The highest BCUT2D eigenvalue weighted by molar-refractivity contribution is 5.83. The third-order valence-electron chi connectivity index (χ3n) is 3.95. The van der Waals surface area contributed by atoms with E-state index in [-0.39, 0.29) is 23.4 Å². The molecular weight excluding hydrogens is 316 g/mol. The molecular formula is C15H20N4O5. The Hall–Kier alpha value is -2.68. The summed E-state index contributed by atoms with van der Waals surface area (Å²) in [4.78, 5) is 35.8. The number of non-ortho nitro benzene ring substituents is 1. The Kier molecular flexibility index (Phi) is 5.69. The normalized spacial score (nSPS) is 18.6. The van der Waals surface area contributed by atoms with Gasteiger partial charge in [-0.25, -0.2) is 5.84 Å². The number of carbonyl (C=O) groups excluding carboxylic acids is 2. The summed E-state index contributed by atoms with van der Waals surface area (Å²) in [7, 11) is 0. The molecule has 1 aliphatic heterocycles. The zero-order valence-electron chi connectivity index (χ0n) is 13.3. The number of ether oxygens (including phenoxy) is 1. The number of nitrogens with zero attached hydrogens (tertiary/aromatic N) is 2. The van der Waals surface area contributed by atoms with Gasteiger partial charge in [-0.2, -0.15) is 0 Å². The van der Waals surface area contributed by atoms with Crippen LogP contribution in [0.4, 0.5) is 5.69 Å². The monoisotopic (exact) mass is 336 g/mol. The molecule has 1 saturated heterocycles. The van der Waals surface area contributed by atoms with Gasteiger partial charge in [0.1, 0.15) is 5.75 Å². The number of hydrogen-bond donors (Lipinski definition) is 2. The fourth-order valence-electron chi connectivity index (χ4n) is 2.67. The summed E-state index contributed by atoms with van der Waals surface area (Å²) in [6, 6.07) is 5.52. The average molecular weight is 336 g/mol. The number of nitrogens with one attached hydrogen (secondary N) is 1. The van der Waals surface area contributed by atoms with Crippen LogP contribution in [0.3, 0.4) is 0 Å². The summed E-state index contributed by atoms with van der Waals surface area (Å²) in [5.74, 6) is 4.68. The minimum atomic E-state index is -0.758. The number of piperidine rings is 1. The molecule has 1 fully saturated rings. The van der Waals surface area contributed by atoms with Gasteiger partial charge in [-0.05, 0) is 31.9 Å². The highest BCUT2D eigenvalue weighted by atomic mass is 16.6. The predicted molar refractivity (Wildman–Crippen MR) is 84.8 cm³/mol. The van der Waals surface area contributed by atoms with Gasteiger partial charge < -0.3 is 9.64 Å². The number of rotatable bonds is 5. The summed E-state index contributed by atoms with van der Waals surface area (Å²) in [6.45, 7) is 2.47. The van der Waals surface area contributed by atoms with E-state index in [9.17, 15) is 19.7 Å². The molecule has 0 radical (unpaired) electrons. The number of nitro groups is 1. The molecule has 130 valence electrons. The van der Waals surface area contributed by atoms with Crippen molar-refractivity contribution in [2.75, 3.05) is 13.1 Å². The van der Waals surface area contributed by atoms with Crippen molar-refractivity contribution >= 4 is 17.5 Å². The molecule has 0 aromatic heterocycles. The standard InChI is InChI=1S/C15H20N4O5/c1-10(24-13-6-4-12(5-7-13)19(22)23)15(21)18-8-2-3-11(9-18)14(20)17-16/h4-7,10-11H,2-3,8-9,16H2,1H3,(H,17,20). The van der Waals surface area contributed by atoms with Gasteiger partial charge in [0.2, 0.25) is 5.91 Å². The minimum Gasteiger partial charge on any atom is -0.481 e. The topological polar surface area (TPSA) is 128 Å². The Labute approximate surface area is 138 Å². The second-order valence-electron chi connectivity index (χ2n) is 5.64.